The Bertz CT molecular complexity index is 957. The zero-order valence-electron chi connectivity index (χ0n) is 16.9. The summed E-state index contributed by atoms with van der Waals surface area (Å²) >= 11 is 6.48. The van der Waals surface area contributed by atoms with Crippen molar-refractivity contribution in [1.82, 2.24) is 15.0 Å². The number of pyridine rings is 3. The van der Waals surface area contributed by atoms with Crippen LogP contribution in [0.25, 0.3) is 11.1 Å². The van der Waals surface area contributed by atoms with Crippen molar-refractivity contribution in [3.05, 3.63) is 65.7 Å². The van der Waals surface area contributed by atoms with Crippen LogP contribution in [0.4, 0.5) is 11.6 Å². The van der Waals surface area contributed by atoms with Crippen LogP contribution in [0.1, 0.15) is 31.2 Å². The van der Waals surface area contributed by atoms with E-state index in [1.54, 1.807) is 24.8 Å². The summed E-state index contributed by atoms with van der Waals surface area (Å²) in [5.74, 6) is 2.31. The van der Waals surface area contributed by atoms with Crippen LogP contribution in [0.5, 0.6) is 0 Å². The first-order chi connectivity index (χ1) is 14.7. The number of rotatable bonds is 7. The minimum Gasteiger partial charge on any atom is -0.367 e. The van der Waals surface area contributed by atoms with E-state index >= 15 is 0 Å². The molecule has 0 radical (unpaired) electrons. The van der Waals surface area contributed by atoms with Crippen LogP contribution >= 0.6 is 11.6 Å². The van der Waals surface area contributed by atoms with Gasteiger partial charge in [-0.2, -0.15) is 0 Å². The van der Waals surface area contributed by atoms with E-state index < -0.39 is 0 Å². The van der Waals surface area contributed by atoms with E-state index in [1.807, 2.05) is 30.3 Å². The first-order valence-electron chi connectivity index (χ1n) is 10.4. The molecule has 1 aliphatic rings. The molecule has 0 aromatic carbocycles. The average Bonchev–Trinajstić information content (AvgIpc) is 2.80. The number of hydrogen-bond donors (Lipinski definition) is 3. The van der Waals surface area contributed by atoms with Gasteiger partial charge >= 0.3 is 0 Å². The SMILES string of the molecule is NC[C@H]1CC[C@H](Nc2cc(-c3ccnc(NCc4ccncc4)c3)c(Cl)cn2)CC1. The minimum absolute atomic E-state index is 0.435. The molecule has 3 heterocycles. The summed E-state index contributed by atoms with van der Waals surface area (Å²) in [6.45, 7) is 1.47. The smallest absolute Gasteiger partial charge is 0.126 e. The maximum absolute atomic E-state index is 6.48. The minimum atomic E-state index is 0.435. The molecule has 4 rings (SSSR count). The molecule has 1 aliphatic carbocycles. The van der Waals surface area contributed by atoms with Crippen molar-refractivity contribution in [1.29, 1.82) is 0 Å². The zero-order chi connectivity index (χ0) is 20.8. The molecule has 7 heteroatoms. The predicted molar refractivity (Wildman–Crippen MR) is 122 cm³/mol. The zero-order valence-corrected chi connectivity index (χ0v) is 17.6. The summed E-state index contributed by atoms with van der Waals surface area (Å²) in [5, 5.41) is 7.56. The highest BCUT2D eigenvalue weighted by Crippen LogP contribution is 2.32. The molecule has 0 atom stereocenters. The largest absolute Gasteiger partial charge is 0.367 e. The second-order valence-electron chi connectivity index (χ2n) is 7.79. The van der Waals surface area contributed by atoms with Gasteiger partial charge in [0.2, 0.25) is 0 Å². The van der Waals surface area contributed by atoms with Gasteiger partial charge in [-0.1, -0.05) is 11.6 Å². The number of hydrogen-bond acceptors (Lipinski definition) is 6. The van der Waals surface area contributed by atoms with Crippen LogP contribution in [0.15, 0.2) is 55.1 Å². The van der Waals surface area contributed by atoms with E-state index in [2.05, 4.69) is 25.6 Å². The topological polar surface area (TPSA) is 88.8 Å². The van der Waals surface area contributed by atoms with Gasteiger partial charge in [-0.3, -0.25) is 4.98 Å². The number of nitrogens with two attached hydrogens (primary N) is 1. The van der Waals surface area contributed by atoms with Crippen molar-refractivity contribution in [2.45, 2.75) is 38.3 Å². The lowest BCUT2D eigenvalue weighted by atomic mass is 9.86. The van der Waals surface area contributed by atoms with Crippen LogP contribution in [0.3, 0.4) is 0 Å². The number of aromatic nitrogens is 3. The Hall–Kier alpha value is -2.70. The molecule has 6 nitrogen and oxygen atoms in total. The molecule has 0 saturated heterocycles. The first-order valence-corrected chi connectivity index (χ1v) is 10.8. The lowest BCUT2D eigenvalue weighted by Crippen LogP contribution is -2.29. The van der Waals surface area contributed by atoms with Crippen LogP contribution < -0.4 is 16.4 Å². The van der Waals surface area contributed by atoms with E-state index in [-0.39, 0.29) is 0 Å². The van der Waals surface area contributed by atoms with Gasteiger partial charge in [0, 0.05) is 42.9 Å². The van der Waals surface area contributed by atoms with Gasteiger partial charge in [-0.25, -0.2) is 9.97 Å². The highest BCUT2D eigenvalue weighted by molar-refractivity contribution is 6.33. The Morgan fingerprint density at radius 1 is 0.967 bits per heavy atom. The van der Waals surface area contributed by atoms with Crippen molar-refractivity contribution in [3.63, 3.8) is 0 Å². The molecule has 3 aromatic rings. The maximum atomic E-state index is 6.48. The van der Waals surface area contributed by atoms with E-state index in [0.717, 1.165) is 47.7 Å². The molecule has 0 aliphatic heterocycles. The van der Waals surface area contributed by atoms with Crippen molar-refractivity contribution in [2.75, 3.05) is 17.2 Å². The fourth-order valence-electron chi connectivity index (χ4n) is 3.88. The summed E-state index contributed by atoms with van der Waals surface area (Å²) in [6.07, 6.45) is 11.7. The van der Waals surface area contributed by atoms with Crippen LogP contribution in [-0.4, -0.2) is 27.5 Å². The molecule has 4 N–H and O–H groups in total. The third-order valence-corrected chi connectivity index (χ3v) is 5.98. The Balaban J connectivity index is 1.46. The van der Waals surface area contributed by atoms with Crippen molar-refractivity contribution in [3.8, 4) is 11.1 Å². The Morgan fingerprint density at radius 3 is 2.53 bits per heavy atom. The second-order valence-corrected chi connectivity index (χ2v) is 8.19. The van der Waals surface area contributed by atoms with Gasteiger partial charge in [0.05, 0.1) is 5.02 Å². The summed E-state index contributed by atoms with van der Waals surface area (Å²) in [6, 6.07) is 10.4. The normalized spacial score (nSPS) is 18.7. The van der Waals surface area contributed by atoms with Crippen molar-refractivity contribution >= 4 is 23.2 Å². The summed E-state index contributed by atoms with van der Waals surface area (Å²) in [7, 11) is 0. The number of nitrogens with one attached hydrogen (secondary N) is 2. The van der Waals surface area contributed by atoms with Crippen molar-refractivity contribution < 1.29 is 0 Å². The van der Waals surface area contributed by atoms with Crippen molar-refractivity contribution in [2.24, 2.45) is 11.7 Å². The Kier molecular flexibility index (Phi) is 6.77. The van der Waals surface area contributed by atoms with Crippen LogP contribution in [-0.2, 0) is 6.54 Å². The molecule has 0 bridgehead atoms. The lowest BCUT2D eigenvalue weighted by Gasteiger charge is -2.28. The molecule has 3 aromatic heterocycles. The van der Waals surface area contributed by atoms with E-state index in [9.17, 15) is 0 Å². The van der Waals surface area contributed by atoms with E-state index in [0.29, 0.717) is 23.5 Å². The summed E-state index contributed by atoms with van der Waals surface area (Å²) in [5.41, 5.74) is 8.90. The number of nitrogens with zero attached hydrogens (tertiary/aromatic N) is 3. The van der Waals surface area contributed by atoms with Crippen LogP contribution in [0.2, 0.25) is 5.02 Å². The fourth-order valence-corrected chi connectivity index (χ4v) is 4.09. The molecule has 30 heavy (non-hydrogen) atoms. The Labute approximate surface area is 182 Å². The van der Waals surface area contributed by atoms with Gasteiger partial charge in [-0.15, -0.1) is 0 Å². The third kappa shape index (κ3) is 5.26. The fraction of sp³-hybridized carbons (Fsp3) is 0.348. The monoisotopic (exact) mass is 422 g/mol. The third-order valence-electron chi connectivity index (χ3n) is 5.68. The molecule has 0 amide bonds. The highest BCUT2D eigenvalue weighted by Gasteiger charge is 2.20. The first kappa shape index (κ1) is 20.6. The second kappa shape index (κ2) is 9.87. The predicted octanol–water partition coefficient (Wildman–Crippen LogP) is 4.73. The average molecular weight is 423 g/mol. The quantitative estimate of drug-likeness (QED) is 0.510. The van der Waals surface area contributed by atoms with Gasteiger partial charge in [0.15, 0.2) is 0 Å². The molecule has 1 fully saturated rings. The molecular weight excluding hydrogens is 396 g/mol. The van der Waals surface area contributed by atoms with Gasteiger partial charge in [-0.05, 0) is 79.6 Å². The maximum Gasteiger partial charge on any atom is 0.126 e. The van der Waals surface area contributed by atoms with Crippen LogP contribution in [0, 0.1) is 5.92 Å². The number of anilines is 2. The lowest BCUT2D eigenvalue weighted by molar-refractivity contribution is 0.344. The Morgan fingerprint density at radius 2 is 1.77 bits per heavy atom. The standard InChI is InChI=1S/C23H27ClN6/c24-21-15-29-23(30-19-3-1-16(13-25)2-4-19)12-20(21)18-7-10-27-22(11-18)28-14-17-5-8-26-9-6-17/h5-12,15-16,19H,1-4,13-14,25H2,(H,27,28)(H,29,30)/t16-,19-. The van der Waals surface area contributed by atoms with E-state index in [4.69, 9.17) is 17.3 Å². The van der Waals surface area contributed by atoms with E-state index in [1.165, 1.54) is 12.8 Å². The summed E-state index contributed by atoms with van der Waals surface area (Å²) < 4.78 is 0. The molecule has 0 spiro atoms. The molecule has 1 saturated carbocycles. The summed E-state index contributed by atoms with van der Waals surface area (Å²) in [4.78, 5) is 13.0. The molecule has 0 unspecified atom stereocenters. The van der Waals surface area contributed by atoms with Gasteiger partial charge in [0.1, 0.15) is 11.6 Å². The molecule has 156 valence electrons. The highest BCUT2D eigenvalue weighted by atomic mass is 35.5. The van der Waals surface area contributed by atoms with Gasteiger partial charge in [0.25, 0.3) is 0 Å². The number of halogens is 1. The van der Waals surface area contributed by atoms with Gasteiger partial charge < -0.3 is 16.4 Å². The molecular formula is C23H27ClN6.